The van der Waals surface area contributed by atoms with Gasteiger partial charge in [-0.05, 0) is 66.2 Å². The Kier molecular flexibility index (Phi) is 6.24. The number of benzene rings is 3. The maximum atomic E-state index is 13.2. The highest BCUT2D eigenvalue weighted by Crippen LogP contribution is 2.36. The normalized spacial score (nSPS) is 15.9. The van der Waals surface area contributed by atoms with Gasteiger partial charge < -0.3 is 9.64 Å². The molecule has 0 N–H and O–H groups in total. The van der Waals surface area contributed by atoms with Crippen molar-refractivity contribution >= 4 is 23.1 Å². The number of anilines is 1. The Balaban J connectivity index is 1.63. The van der Waals surface area contributed by atoms with E-state index < -0.39 is 29.2 Å². The molecule has 0 bridgehead atoms. The van der Waals surface area contributed by atoms with Gasteiger partial charge in [-0.15, -0.1) is 0 Å². The third kappa shape index (κ3) is 5.25. The average Bonchev–Trinajstić information content (AvgIpc) is 3.18. The Labute approximate surface area is 192 Å². The highest BCUT2D eigenvalue weighted by atomic mass is 35.5. The number of halogens is 4. The Bertz CT molecular complexity index is 1180. The van der Waals surface area contributed by atoms with Crippen molar-refractivity contribution < 1.29 is 22.8 Å². The molecule has 1 aliphatic heterocycles. The van der Waals surface area contributed by atoms with E-state index in [4.69, 9.17) is 16.3 Å². The lowest BCUT2D eigenvalue weighted by Crippen LogP contribution is -2.35. The Hall–Kier alpha value is -3.59. The van der Waals surface area contributed by atoms with Gasteiger partial charge in [0.05, 0.1) is 18.2 Å². The number of nitro groups is 1. The van der Waals surface area contributed by atoms with Crippen LogP contribution in [-0.2, 0) is 6.18 Å². The largest absolute Gasteiger partial charge is 0.457 e. The molecule has 1 aliphatic rings. The molecule has 33 heavy (non-hydrogen) atoms. The SMILES string of the molecule is O=[N+]([O-])CC1=NCC(c2cccc(C(F)(F)F)c2)N1c1ccc(Oc2ccc(Cl)cc2)cc1. The molecule has 1 heterocycles. The lowest BCUT2D eigenvalue weighted by atomic mass is 10.0. The van der Waals surface area contributed by atoms with Crippen molar-refractivity contribution in [3.63, 3.8) is 0 Å². The number of hydrogen-bond acceptors (Lipinski definition) is 5. The average molecular weight is 476 g/mol. The number of hydrogen-bond donors (Lipinski definition) is 0. The molecule has 6 nitrogen and oxygen atoms in total. The number of amidine groups is 1. The van der Waals surface area contributed by atoms with Gasteiger partial charge in [-0.2, -0.15) is 13.2 Å². The molecule has 0 aliphatic carbocycles. The van der Waals surface area contributed by atoms with Crippen LogP contribution in [0.5, 0.6) is 11.5 Å². The van der Waals surface area contributed by atoms with E-state index in [1.165, 1.54) is 6.07 Å². The van der Waals surface area contributed by atoms with E-state index in [0.717, 1.165) is 12.1 Å². The molecule has 0 saturated carbocycles. The van der Waals surface area contributed by atoms with E-state index in [-0.39, 0.29) is 12.4 Å². The molecule has 0 spiro atoms. The molecule has 3 aromatic rings. The molecule has 0 aromatic heterocycles. The van der Waals surface area contributed by atoms with E-state index in [0.29, 0.717) is 27.8 Å². The summed E-state index contributed by atoms with van der Waals surface area (Å²) in [6, 6.07) is 17.9. The van der Waals surface area contributed by atoms with Crippen LogP contribution in [-0.4, -0.2) is 23.8 Å². The van der Waals surface area contributed by atoms with Gasteiger partial charge in [-0.25, -0.2) is 0 Å². The summed E-state index contributed by atoms with van der Waals surface area (Å²) in [5.41, 5.74) is 0.141. The van der Waals surface area contributed by atoms with Gasteiger partial charge in [-0.1, -0.05) is 23.7 Å². The van der Waals surface area contributed by atoms with Crippen LogP contribution >= 0.6 is 11.6 Å². The van der Waals surface area contributed by atoms with Crippen LogP contribution in [0.3, 0.4) is 0 Å². The summed E-state index contributed by atoms with van der Waals surface area (Å²) in [6.45, 7) is -0.438. The number of rotatable bonds is 6. The zero-order chi connectivity index (χ0) is 23.6. The lowest BCUT2D eigenvalue weighted by molar-refractivity contribution is -0.463. The van der Waals surface area contributed by atoms with E-state index in [9.17, 15) is 23.3 Å². The maximum absolute atomic E-state index is 13.2. The first-order valence-electron chi connectivity index (χ1n) is 9.86. The molecule has 0 fully saturated rings. The standard InChI is InChI=1S/C23H17ClF3N3O3/c24-17-4-8-19(9-5-17)33-20-10-6-18(7-11-20)30-21(13-28-22(30)14-29(31)32)15-2-1-3-16(12-15)23(25,26)27/h1-12,21H,13-14H2. The van der Waals surface area contributed by atoms with Gasteiger partial charge in [0, 0.05) is 15.6 Å². The number of ether oxygens (including phenoxy) is 1. The summed E-state index contributed by atoms with van der Waals surface area (Å²) >= 11 is 5.87. The second-order valence-corrected chi connectivity index (χ2v) is 7.74. The fourth-order valence-electron chi connectivity index (χ4n) is 3.59. The second-order valence-electron chi connectivity index (χ2n) is 7.31. The predicted octanol–water partition coefficient (Wildman–Crippen LogP) is 6.39. The quantitative estimate of drug-likeness (QED) is 0.306. The van der Waals surface area contributed by atoms with Gasteiger partial charge in [0.15, 0.2) is 5.84 Å². The predicted molar refractivity (Wildman–Crippen MR) is 119 cm³/mol. The highest BCUT2D eigenvalue weighted by molar-refractivity contribution is 6.30. The third-order valence-electron chi connectivity index (χ3n) is 5.07. The van der Waals surface area contributed by atoms with Crippen molar-refractivity contribution in [1.29, 1.82) is 0 Å². The fourth-order valence-corrected chi connectivity index (χ4v) is 3.72. The van der Waals surface area contributed by atoms with Crippen molar-refractivity contribution in [2.75, 3.05) is 18.0 Å². The molecule has 0 amide bonds. The minimum absolute atomic E-state index is 0.105. The molecule has 1 atom stereocenters. The van der Waals surface area contributed by atoms with Crippen LogP contribution in [0.25, 0.3) is 0 Å². The van der Waals surface area contributed by atoms with Gasteiger partial charge in [0.25, 0.3) is 6.54 Å². The van der Waals surface area contributed by atoms with E-state index in [1.807, 2.05) is 0 Å². The molecular formula is C23H17ClF3N3O3. The monoisotopic (exact) mass is 475 g/mol. The minimum atomic E-state index is -4.50. The zero-order valence-corrected chi connectivity index (χ0v) is 17.8. The molecule has 0 saturated heterocycles. The van der Waals surface area contributed by atoms with Crippen molar-refractivity contribution in [1.82, 2.24) is 0 Å². The highest BCUT2D eigenvalue weighted by Gasteiger charge is 2.35. The third-order valence-corrected chi connectivity index (χ3v) is 5.32. The van der Waals surface area contributed by atoms with Crippen molar-refractivity contribution in [3.05, 3.63) is 99.1 Å². The summed E-state index contributed by atoms with van der Waals surface area (Å²) in [4.78, 5) is 16.5. The first kappa shape index (κ1) is 22.6. The fraction of sp³-hybridized carbons (Fsp3) is 0.174. The van der Waals surface area contributed by atoms with Gasteiger partial charge in [0.2, 0.25) is 0 Å². The smallest absolute Gasteiger partial charge is 0.416 e. The summed E-state index contributed by atoms with van der Waals surface area (Å²) in [7, 11) is 0. The van der Waals surface area contributed by atoms with Gasteiger partial charge in [0.1, 0.15) is 11.5 Å². The summed E-state index contributed by atoms with van der Waals surface area (Å²) in [5.74, 6) is 1.27. The van der Waals surface area contributed by atoms with Crippen molar-refractivity contribution in [3.8, 4) is 11.5 Å². The topological polar surface area (TPSA) is 68.0 Å². The summed E-state index contributed by atoms with van der Waals surface area (Å²) in [6.07, 6.45) is -4.50. The van der Waals surface area contributed by atoms with E-state index >= 15 is 0 Å². The Morgan fingerprint density at radius 3 is 2.30 bits per heavy atom. The first-order chi connectivity index (χ1) is 15.7. The van der Waals surface area contributed by atoms with Crippen LogP contribution in [0, 0.1) is 10.1 Å². The minimum Gasteiger partial charge on any atom is -0.457 e. The Morgan fingerprint density at radius 2 is 1.70 bits per heavy atom. The van der Waals surface area contributed by atoms with Crippen molar-refractivity contribution in [2.45, 2.75) is 12.2 Å². The summed E-state index contributed by atoms with van der Waals surface area (Å²) < 4.78 is 45.4. The first-order valence-corrected chi connectivity index (χ1v) is 10.2. The Morgan fingerprint density at radius 1 is 1.06 bits per heavy atom. The molecule has 0 radical (unpaired) electrons. The second kappa shape index (κ2) is 9.11. The van der Waals surface area contributed by atoms with Crippen LogP contribution in [0.4, 0.5) is 18.9 Å². The molecule has 3 aromatic carbocycles. The molecule has 170 valence electrons. The van der Waals surface area contributed by atoms with E-state index in [2.05, 4.69) is 4.99 Å². The number of alkyl halides is 3. The van der Waals surface area contributed by atoms with E-state index in [1.54, 1.807) is 59.5 Å². The van der Waals surface area contributed by atoms with Crippen LogP contribution in [0.1, 0.15) is 17.2 Å². The number of aliphatic imine (C=N–C) groups is 1. The zero-order valence-electron chi connectivity index (χ0n) is 17.0. The number of nitrogens with zero attached hydrogens (tertiary/aromatic N) is 3. The molecule has 10 heteroatoms. The summed E-state index contributed by atoms with van der Waals surface area (Å²) in [5, 5.41) is 11.7. The van der Waals surface area contributed by atoms with Gasteiger partial charge >= 0.3 is 6.18 Å². The van der Waals surface area contributed by atoms with Crippen molar-refractivity contribution in [2.24, 2.45) is 4.99 Å². The van der Waals surface area contributed by atoms with Gasteiger partial charge in [-0.3, -0.25) is 15.1 Å². The molecule has 1 unspecified atom stereocenters. The van der Waals surface area contributed by atoms with Crippen LogP contribution < -0.4 is 9.64 Å². The van der Waals surface area contributed by atoms with Crippen LogP contribution in [0.15, 0.2) is 77.8 Å². The maximum Gasteiger partial charge on any atom is 0.416 e. The lowest BCUT2D eigenvalue weighted by Gasteiger charge is -2.28. The van der Waals surface area contributed by atoms with Crippen LogP contribution in [0.2, 0.25) is 5.02 Å². The molecule has 4 rings (SSSR count). The molecular weight excluding hydrogens is 459 g/mol.